The van der Waals surface area contributed by atoms with Crippen molar-refractivity contribution < 1.29 is 4.74 Å². The van der Waals surface area contributed by atoms with Gasteiger partial charge >= 0.3 is 0 Å². The molecule has 0 amide bonds. The topological polar surface area (TPSA) is 45.7 Å². The van der Waals surface area contributed by atoms with Crippen LogP contribution < -0.4 is 15.4 Å². The van der Waals surface area contributed by atoms with Gasteiger partial charge in [-0.05, 0) is 37.8 Å². The molecule has 0 spiro atoms. The lowest BCUT2D eigenvalue weighted by atomic mass is 10.2. The zero-order valence-electron chi connectivity index (χ0n) is 12.9. The predicted molar refractivity (Wildman–Crippen MR) is 88.0 cm³/mol. The summed E-state index contributed by atoms with van der Waals surface area (Å²) < 4.78 is 5.78. The molecule has 1 aromatic carbocycles. The van der Waals surface area contributed by atoms with Crippen molar-refractivity contribution >= 4 is 5.96 Å². The molecule has 2 N–H and O–H groups in total. The molecule has 0 aromatic heterocycles. The molecular weight excluding hydrogens is 262 g/mol. The van der Waals surface area contributed by atoms with E-state index in [1.54, 1.807) is 0 Å². The molecule has 4 heteroatoms. The number of rotatable bonds is 6. The lowest BCUT2D eigenvalue weighted by Crippen LogP contribution is -2.42. The van der Waals surface area contributed by atoms with Crippen molar-refractivity contribution in [2.75, 3.05) is 20.2 Å². The molecule has 114 valence electrons. The van der Waals surface area contributed by atoms with Gasteiger partial charge in [0.15, 0.2) is 5.96 Å². The second-order valence-corrected chi connectivity index (χ2v) is 5.25. The summed E-state index contributed by atoms with van der Waals surface area (Å²) in [5, 5.41) is 6.75. The van der Waals surface area contributed by atoms with Gasteiger partial charge in [0.05, 0.1) is 6.61 Å². The van der Waals surface area contributed by atoms with E-state index in [2.05, 4.69) is 40.8 Å². The third-order valence-electron chi connectivity index (χ3n) is 3.54. The van der Waals surface area contributed by atoms with Gasteiger partial charge in [-0.3, -0.25) is 4.99 Å². The lowest BCUT2D eigenvalue weighted by Gasteiger charge is -2.17. The number of hydrogen-bond donors (Lipinski definition) is 2. The Labute approximate surface area is 127 Å². The maximum absolute atomic E-state index is 5.78. The fourth-order valence-electron chi connectivity index (χ4n) is 2.30. The second kappa shape index (κ2) is 8.35. The highest BCUT2D eigenvalue weighted by Crippen LogP contribution is 2.16. The zero-order chi connectivity index (χ0) is 14.9. The minimum absolute atomic E-state index is 0.486. The summed E-state index contributed by atoms with van der Waals surface area (Å²) in [4.78, 5) is 4.25. The summed E-state index contributed by atoms with van der Waals surface area (Å²) in [5.41, 5.74) is 1.18. The average molecular weight is 287 g/mol. The van der Waals surface area contributed by atoms with Crippen molar-refractivity contribution in [1.82, 2.24) is 10.6 Å². The van der Waals surface area contributed by atoms with Crippen LogP contribution in [-0.2, 0) is 0 Å². The van der Waals surface area contributed by atoms with E-state index in [1.807, 2.05) is 25.2 Å². The molecule has 0 atom stereocenters. The number of benzene rings is 1. The molecule has 0 bridgehead atoms. The highest BCUT2D eigenvalue weighted by molar-refractivity contribution is 5.80. The first-order valence-corrected chi connectivity index (χ1v) is 7.60. The minimum atomic E-state index is 0.486. The van der Waals surface area contributed by atoms with Crippen LogP contribution in [0, 0.1) is 6.92 Å². The van der Waals surface area contributed by atoms with Gasteiger partial charge in [-0.15, -0.1) is 0 Å². The molecule has 0 radical (unpaired) electrons. The molecule has 0 fully saturated rings. The largest absolute Gasteiger partial charge is 0.493 e. The van der Waals surface area contributed by atoms with Crippen LogP contribution in [0.25, 0.3) is 0 Å². The fraction of sp³-hybridized carbons (Fsp3) is 0.471. The number of hydrogen-bond acceptors (Lipinski definition) is 2. The van der Waals surface area contributed by atoms with E-state index in [-0.39, 0.29) is 0 Å². The highest BCUT2D eigenvalue weighted by atomic mass is 16.5. The van der Waals surface area contributed by atoms with E-state index in [1.165, 1.54) is 5.56 Å². The lowest BCUT2D eigenvalue weighted by molar-refractivity contribution is 0.309. The van der Waals surface area contributed by atoms with Crippen LogP contribution in [0.3, 0.4) is 0 Å². The van der Waals surface area contributed by atoms with E-state index in [0.717, 1.165) is 37.5 Å². The molecular formula is C17H25N3O. The van der Waals surface area contributed by atoms with Crippen LogP contribution in [0.5, 0.6) is 5.75 Å². The number of guanidine groups is 1. The van der Waals surface area contributed by atoms with Gasteiger partial charge < -0.3 is 15.4 Å². The van der Waals surface area contributed by atoms with Crippen LogP contribution in [0.15, 0.2) is 41.4 Å². The first kappa shape index (κ1) is 15.4. The van der Waals surface area contributed by atoms with Gasteiger partial charge in [0.2, 0.25) is 0 Å². The number of aryl methyl sites for hydroxylation is 1. The van der Waals surface area contributed by atoms with Crippen molar-refractivity contribution in [3.8, 4) is 5.75 Å². The fourth-order valence-corrected chi connectivity index (χ4v) is 2.30. The maximum Gasteiger partial charge on any atom is 0.191 e. The van der Waals surface area contributed by atoms with E-state index in [4.69, 9.17) is 4.74 Å². The van der Waals surface area contributed by atoms with Crippen molar-refractivity contribution in [2.45, 2.75) is 32.2 Å². The molecule has 2 rings (SSSR count). The van der Waals surface area contributed by atoms with Crippen LogP contribution in [-0.4, -0.2) is 32.2 Å². The third kappa shape index (κ3) is 5.14. The predicted octanol–water partition coefficient (Wildman–Crippen LogP) is 2.65. The highest BCUT2D eigenvalue weighted by Gasteiger charge is 2.11. The van der Waals surface area contributed by atoms with Gasteiger partial charge in [-0.2, -0.15) is 0 Å². The summed E-state index contributed by atoms with van der Waals surface area (Å²) in [6, 6.07) is 8.59. The second-order valence-electron chi connectivity index (χ2n) is 5.25. The normalized spacial score (nSPS) is 15.2. The summed E-state index contributed by atoms with van der Waals surface area (Å²) in [7, 11) is 1.81. The standard InChI is InChI=1S/C17H25N3O/c1-14-8-3-6-11-16(14)21-13-7-12-19-17(18-2)20-15-9-4-5-10-15/h3-6,8,11,15H,7,9-10,12-13H2,1-2H3,(H2,18,19,20). The molecule has 0 saturated carbocycles. The molecule has 0 unspecified atom stereocenters. The van der Waals surface area contributed by atoms with Crippen LogP contribution >= 0.6 is 0 Å². The van der Waals surface area contributed by atoms with Crippen LogP contribution in [0.2, 0.25) is 0 Å². The van der Waals surface area contributed by atoms with E-state index < -0.39 is 0 Å². The van der Waals surface area contributed by atoms with E-state index >= 15 is 0 Å². The van der Waals surface area contributed by atoms with Crippen LogP contribution in [0.4, 0.5) is 0 Å². The summed E-state index contributed by atoms with van der Waals surface area (Å²) in [5.74, 6) is 1.84. The Bertz CT molecular complexity index is 489. The van der Waals surface area contributed by atoms with Gasteiger partial charge in [0, 0.05) is 19.6 Å². The van der Waals surface area contributed by atoms with Crippen molar-refractivity contribution in [3.63, 3.8) is 0 Å². The summed E-state index contributed by atoms with van der Waals surface area (Å²) in [6.07, 6.45) is 7.52. The first-order chi connectivity index (χ1) is 10.3. The first-order valence-electron chi connectivity index (χ1n) is 7.60. The summed E-state index contributed by atoms with van der Waals surface area (Å²) in [6.45, 7) is 3.63. The van der Waals surface area contributed by atoms with Gasteiger partial charge in [0.25, 0.3) is 0 Å². The van der Waals surface area contributed by atoms with E-state index in [9.17, 15) is 0 Å². The molecule has 0 heterocycles. The number of para-hydroxylation sites is 1. The van der Waals surface area contributed by atoms with Crippen molar-refractivity contribution in [3.05, 3.63) is 42.0 Å². The molecule has 0 aliphatic heterocycles. The van der Waals surface area contributed by atoms with Gasteiger partial charge in [0.1, 0.15) is 5.75 Å². The third-order valence-corrected chi connectivity index (χ3v) is 3.54. The Hall–Kier alpha value is -1.97. The molecule has 1 aliphatic carbocycles. The van der Waals surface area contributed by atoms with Crippen molar-refractivity contribution in [2.24, 2.45) is 4.99 Å². The molecule has 1 aromatic rings. The Balaban J connectivity index is 1.61. The molecule has 1 aliphatic rings. The Morgan fingerprint density at radius 2 is 2.05 bits per heavy atom. The molecule has 4 nitrogen and oxygen atoms in total. The smallest absolute Gasteiger partial charge is 0.191 e. The number of aliphatic imine (C=N–C) groups is 1. The number of ether oxygens (including phenoxy) is 1. The monoisotopic (exact) mass is 287 g/mol. The van der Waals surface area contributed by atoms with Crippen molar-refractivity contribution in [1.29, 1.82) is 0 Å². The Morgan fingerprint density at radius 1 is 1.29 bits per heavy atom. The Morgan fingerprint density at radius 3 is 2.76 bits per heavy atom. The minimum Gasteiger partial charge on any atom is -0.493 e. The number of nitrogens with zero attached hydrogens (tertiary/aromatic N) is 1. The molecule has 21 heavy (non-hydrogen) atoms. The number of nitrogens with one attached hydrogen (secondary N) is 2. The SMILES string of the molecule is CN=C(NCCCOc1ccccc1C)NC1CC=CC1. The average Bonchev–Trinajstić information content (AvgIpc) is 3.00. The molecule has 0 saturated heterocycles. The Kier molecular flexibility index (Phi) is 6.13. The van der Waals surface area contributed by atoms with Gasteiger partial charge in [-0.1, -0.05) is 30.4 Å². The van der Waals surface area contributed by atoms with Crippen LogP contribution in [0.1, 0.15) is 24.8 Å². The van der Waals surface area contributed by atoms with Gasteiger partial charge in [-0.25, -0.2) is 0 Å². The zero-order valence-corrected chi connectivity index (χ0v) is 12.9. The summed E-state index contributed by atoms with van der Waals surface area (Å²) >= 11 is 0. The maximum atomic E-state index is 5.78. The quantitative estimate of drug-likeness (QED) is 0.366. The van der Waals surface area contributed by atoms with E-state index in [0.29, 0.717) is 12.6 Å².